The molecule has 0 aliphatic carbocycles. The lowest BCUT2D eigenvalue weighted by atomic mass is 9.93. The van der Waals surface area contributed by atoms with Crippen molar-refractivity contribution in [3.8, 4) is 0 Å². The molecule has 0 amide bonds. The van der Waals surface area contributed by atoms with Crippen molar-refractivity contribution in [1.29, 1.82) is 0 Å². The highest BCUT2D eigenvalue weighted by atomic mass is 35.5. The van der Waals surface area contributed by atoms with Crippen LogP contribution < -0.4 is 5.32 Å². The van der Waals surface area contributed by atoms with E-state index in [1.165, 1.54) is 5.69 Å². The molecule has 18 heavy (non-hydrogen) atoms. The van der Waals surface area contributed by atoms with Crippen LogP contribution in [0, 0.1) is 0 Å². The van der Waals surface area contributed by atoms with Crippen LogP contribution >= 0.6 is 22.9 Å². The summed E-state index contributed by atoms with van der Waals surface area (Å²) in [6.07, 6.45) is 2.09. The zero-order valence-corrected chi connectivity index (χ0v) is 13.7. The predicted molar refractivity (Wildman–Crippen MR) is 81.7 cm³/mol. The fourth-order valence-corrected chi connectivity index (χ4v) is 3.17. The monoisotopic (exact) mass is 288 g/mol. The smallest absolute Gasteiger partial charge is 0.107 e. The van der Waals surface area contributed by atoms with Crippen LogP contribution in [0.15, 0.2) is 5.38 Å². The first-order valence-electron chi connectivity index (χ1n) is 6.62. The Hall–Kier alpha value is -0.120. The molecule has 0 radical (unpaired) electrons. The van der Waals surface area contributed by atoms with Gasteiger partial charge in [-0.2, -0.15) is 0 Å². The minimum Gasteiger partial charge on any atom is -0.304 e. The van der Waals surface area contributed by atoms with Gasteiger partial charge in [-0.05, 0) is 12.8 Å². The maximum Gasteiger partial charge on any atom is 0.107 e. The van der Waals surface area contributed by atoms with Crippen LogP contribution in [0.4, 0.5) is 0 Å². The van der Waals surface area contributed by atoms with Crippen molar-refractivity contribution in [3.63, 3.8) is 0 Å². The van der Waals surface area contributed by atoms with E-state index in [1.807, 2.05) is 0 Å². The van der Waals surface area contributed by atoms with Gasteiger partial charge in [-0.25, -0.2) is 4.98 Å². The molecule has 0 bridgehead atoms. The minimum absolute atomic E-state index is 0.0507. The Morgan fingerprint density at radius 2 is 1.89 bits per heavy atom. The molecule has 0 atom stereocenters. The number of hydrogen-bond donors (Lipinski definition) is 1. The summed E-state index contributed by atoms with van der Waals surface area (Å²) in [7, 11) is 0. The summed E-state index contributed by atoms with van der Waals surface area (Å²) >= 11 is 7.82. The van der Waals surface area contributed by atoms with E-state index in [4.69, 9.17) is 16.6 Å². The third kappa shape index (κ3) is 3.94. The van der Waals surface area contributed by atoms with Gasteiger partial charge < -0.3 is 5.32 Å². The molecule has 0 saturated heterocycles. The van der Waals surface area contributed by atoms with Gasteiger partial charge in [0.15, 0.2) is 0 Å². The average Bonchev–Trinajstić information content (AvgIpc) is 2.80. The Bertz CT molecular complexity index is 356. The van der Waals surface area contributed by atoms with E-state index in [9.17, 15) is 0 Å². The number of nitrogens with zero attached hydrogens (tertiary/aromatic N) is 1. The highest BCUT2D eigenvalue weighted by Crippen LogP contribution is 2.24. The number of hydrogen-bond acceptors (Lipinski definition) is 3. The normalized spacial score (nSPS) is 13.0. The molecule has 104 valence electrons. The van der Waals surface area contributed by atoms with Crippen LogP contribution in [0.5, 0.6) is 0 Å². The third-order valence-corrected chi connectivity index (χ3v) is 4.90. The minimum atomic E-state index is 0.0507. The molecule has 0 saturated carbocycles. The molecule has 0 spiro atoms. The molecule has 1 rings (SSSR count). The Kier molecular flexibility index (Phi) is 5.63. The molecule has 0 aliphatic heterocycles. The molecule has 0 unspecified atom stereocenters. The second-order valence-corrected chi connectivity index (χ2v) is 7.06. The van der Waals surface area contributed by atoms with Gasteiger partial charge in [0.25, 0.3) is 0 Å². The summed E-state index contributed by atoms with van der Waals surface area (Å²) in [5.74, 6) is 0.650. The zero-order chi connectivity index (χ0) is 13.8. The van der Waals surface area contributed by atoms with Gasteiger partial charge in [0.1, 0.15) is 5.01 Å². The van der Waals surface area contributed by atoms with Crippen LogP contribution in [0.3, 0.4) is 0 Å². The molecule has 1 aromatic rings. The highest BCUT2D eigenvalue weighted by Gasteiger charge is 2.25. The van der Waals surface area contributed by atoms with E-state index in [2.05, 4.69) is 45.3 Å². The summed E-state index contributed by atoms with van der Waals surface area (Å²) in [4.78, 5) is 4.70. The Labute approximate surface area is 120 Å². The molecule has 0 fully saturated rings. The summed E-state index contributed by atoms with van der Waals surface area (Å²) in [5, 5.41) is 6.89. The molecule has 2 nitrogen and oxygen atoms in total. The van der Waals surface area contributed by atoms with E-state index in [0.717, 1.165) is 24.4 Å². The first-order valence-corrected chi connectivity index (χ1v) is 8.04. The molecular weight excluding hydrogens is 264 g/mol. The summed E-state index contributed by atoms with van der Waals surface area (Å²) in [6, 6.07) is 0. The van der Waals surface area contributed by atoms with Gasteiger partial charge >= 0.3 is 0 Å². The van der Waals surface area contributed by atoms with Gasteiger partial charge in [-0.1, -0.05) is 34.6 Å². The van der Waals surface area contributed by atoms with Crippen LogP contribution in [-0.2, 0) is 12.0 Å². The van der Waals surface area contributed by atoms with Gasteiger partial charge in [-0.3, -0.25) is 0 Å². The number of halogens is 1. The fourth-order valence-electron chi connectivity index (χ4n) is 1.74. The molecule has 4 heteroatoms. The van der Waals surface area contributed by atoms with E-state index in [1.54, 1.807) is 11.3 Å². The maximum atomic E-state index is 6.09. The number of thiazole rings is 1. The van der Waals surface area contributed by atoms with Gasteiger partial charge in [-0.15, -0.1) is 22.9 Å². The number of aromatic nitrogens is 1. The highest BCUT2D eigenvalue weighted by molar-refractivity contribution is 7.09. The summed E-state index contributed by atoms with van der Waals surface area (Å²) in [5.41, 5.74) is 1.36. The first kappa shape index (κ1) is 15.9. The number of nitrogens with one attached hydrogen (secondary N) is 1. The van der Waals surface area contributed by atoms with Gasteiger partial charge in [0.05, 0.1) is 5.69 Å². The lowest BCUT2D eigenvalue weighted by Gasteiger charge is -2.30. The molecule has 0 aromatic carbocycles. The van der Waals surface area contributed by atoms with Crippen LogP contribution in [-0.4, -0.2) is 16.4 Å². The van der Waals surface area contributed by atoms with Crippen LogP contribution in [0.25, 0.3) is 0 Å². The largest absolute Gasteiger partial charge is 0.304 e. The van der Waals surface area contributed by atoms with Crippen LogP contribution in [0.2, 0.25) is 0 Å². The second kappa shape index (κ2) is 6.36. The second-order valence-electron chi connectivity index (χ2n) is 5.85. The van der Waals surface area contributed by atoms with Gasteiger partial charge in [0.2, 0.25) is 0 Å². The number of alkyl halides is 1. The average molecular weight is 289 g/mol. The van der Waals surface area contributed by atoms with Crippen molar-refractivity contribution >= 4 is 22.9 Å². The van der Waals surface area contributed by atoms with Crippen molar-refractivity contribution < 1.29 is 0 Å². The quantitative estimate of drug-likeness (QED) is 0.788. The standard InChI is InChI=1S/C14H25ClN2S/c1-6-14(7-2,10-15)16-8-12-17-11(9-18-12)13(3,4)5/h9,16H,6-8,10H2,1-5H3. The van der Waals surface area contributed by atoms with Crippen molar-refractivity contribution in [2.45, 2.75) is 65.0 Å². The lowest BCUT2D eigenvalue weighted by Crippen LogP contribution is -2.45. The fraction of sp³-hybridized carbons (Fsp3) is 0.786. The number of rotatable bonds is 6. The van der Waals surface area contributed by atoms with E-state index in [-0.39, 0.29) is 11.0 Å². The van der Waals surface area contributed by atoms with Gasteiger partial charge in [0, 0.05) is 28.8 Å². The maximum absolute atomic E-state index is 6.09. The summed E-state index contributed by atoms with van der Waals surface area (Å²) < 4.78 is 0. The Morgan fingerprint density at radius 1 is 1.28 bits per heavy atom. The predicted octanol–water partition coefficient (Wildman–Crippen LogP) is 4.33. The molecular formula is C14H25ClN2S. The first-order chi connectivity index (χ1) is 8.37. The van der Waals surface area contributed by atoms with Crippen LogP contribution in [0.1, 0.15) is 58.2 Å². The Morgan fingerprint density at radius 3 is 2.28 bits per heavy atom. The SMILES string of the molecule is CCC(CC)(CCl)NCc1nc(C(C)(C)C)cs1. The molecule has 1 heterocycles. The van der Waals surface area contributed by atoms with Crippen molar-refractivity contribution in [2.75, 3.05) is 5.88 Å². The lowest BCUT2D eigenvalue weighted by molar-refractivity contribution is 0.334. The third-order valence-electron chi connectivity index (χ3n) is 3.54. The van der Waals surface area contributed by atoms with Crippen molar-refractivity contribution in [3.05, 3.63) is 16.1 Å². The molecule has 1 aromatic heterocycles. The van der Waals surface area contributed by atoms with E-state index < -0.39 is 0 Å². The molecule has 0 aliphatic rings. The van der Waals surface area contributed by atoms with E-state index in [0.29, 0.717) is 5.88 Å². The summed E-state index contributed by atoms with van der Waals surface area (Å²) in [6.45, 7) is 11.8. The molecule has 1 N–H and O–H groups in total. The topological polar surface area (TPSA) is 24.9 Å². The Balaban J connectivity index is 2.66. The van der Waals surface area contributed by atoms with E-state index >= 15 is 0 Å². The van der Waals surface area contributed by atoms with Crippen molar-refractivity contribution in [1.82, 2.24) is 10.3 Å². The zero-order valence-electron chi connectivity index (χ0n) is 12.1. The van der Waals surface area contributed by atoms with Crippen molar-refractivity contribution in [2.24, 2.45) is 0 Å².